The number of benzene rings is 1. The first kappa shape index (κ1) is 12.1. The highest BCUT2D eigenvalue weighted by Gasteiger charge is 2.06. The van der Waals surface area contributed by atoms with Crippen LogP contribution in [0.2, 0.25) is 5.02 Å². The van der Waals surface area contributed by atoms with E-state index in [-0.39, 0.29) is 0 Å². The summed E-state index contributed by atoms with van der Waals surface area (Å²) in [6.45, 7) is 1.86. The van der Waals surface area contributed by atoms with Gasteiger partial charge in [0, 0.05) is 36.9 Å². The molecular weight excluding hydrogens is 234 g/mol. The Bertz CT molecular complexity index is 479. The number of halogens is 1. The average molecular weight is 250 g/mol. The largest absolute Gasteiger partial charge is 0.333 e. The van der Waals surface area contributed by atoms with E-state index >= 15 is 0 Å². The SMILES string of the molecule is CNCCn1ccnc1Cc1ccccc1Cl. The van der Waals surface area contributed by atoms with E-state index < -0.39 is 0 Å². The lowest BCUT2D eigenvalue weighted by Gasteiger charge is -2.08. The Labute approximate surface area is 106 Å². The molecule has 0 aliphatic heterocycles. The van der Waals surface area contributed by atoms with Crippen LogP contribution >= 0.6 is 11.6 Å². The predicted molar refractivity (Wildman–Crippen MR) is 70.4 cm³/mol. The minimum absolute atomic E-state index is 0.774. The lowest BCUT2D eigenvalue weighted by Crippen LogP contribution is -2.16. The lowest BCUT2D eigenvalue weighted by molar-refractivity contribution is 0.621. The molecular formula is C13H16ClN3. The number of likely N-dealkylation sites (N-methyl/N-ethyl adjacent to an activating group) is 1. The number of hydrogen-bond acceptors (Lipinski definition) is 2. The van der Waals surface area contributed by atoms with Crippen molar-refractivity contribution >= 4 is 11.6 Å². The highest BCUT2D eigenvalue weighted by molar-refractivity contribution is 6.31. The average Bonchev–Trinajstić information content (AvgIpc) is 2.77. The lowest BCUT2D eigenvalue weighted by atomic mass is 10.1. The summed E-state index contributed by atoms with van der Waals surface area (Å²) in [5.74, 6) is 1.05. The van der Waals surface area contributed by atoms with E-state index in [0.29, 0.717) is 0 Å². The number of aromatic nitrogens is 2. The molecule has 90 valence electrons. The molecule has 2 aromatic rings. The maximum Gasteiger partial charge on any atom is 0.113 e. The van der Waals surface area contributed by atoms with Crippen molar-refractivity contribution in [1.82, 2.24) is 14.9 Å². The fraction of sp³-hybridized carbons (Fsp3) is 0.308. The third-order valence-corrected chi connectivity index (χ3v) is 3.08. The van der Waals surface area contributed by atoms with Gasteiger partial charge in [0.25, 0.3) is 0 Å². The van der Waals surface area contributed by atoms with Gasteiger partial charge < -0.3 is 9.88 Å². The third kappa shape index (κ3) is 3.08. The topological polar surface area (TPSA) is 29.9 Å². The van der Waals surface area contributed by atoms with Gasteiger partial charge in [-0.3, -0.25) is 0 Å². The molecule has 4 heteroatoms. The molecule has 0 unspecified atom stereocenters. The molecule has 1 aromatic carbocycles. The van der Waals surface area contributed by atoms with Gasteiger partial charge in [0.15, 0.2) is 0 Å². The second-order valence-electron chi connectivity index (χ2n) is 3.91. The summed E-state index contributed by atoms with van der Waals surface area (Å²) >= 11 is 6.15. The molecule has 1 aromatic heterocycles. The van der Waals surface area contributed by atoms with Crippen molar-refractivity contribution in [1.29, 1.82) is 0 Å². The molecule has 2 rings (SSSR count). The van der Waals surface area contributed by atoms with E-state index in [0.717, 1.165) is 35.9 Å². The summed E-state index contributed by atoms with van der Waals surface area (Å²) < 4.78 is 2.15. The number of imidazole rings is 1. The Kier molecular flexibility index (Phi) is 4.18. The molecule has 0 bridgehead atoms. The van der Waals surface area contributed by atoms with Crippen LogP contribution in [0.1, 0.15) is 11.4 Å². The van der Waals surface area contributed by atoms with Crippen molar-refractivity contribution in [2.75, 3.05) is 13.6 Å². The van der Waals surface area contributed by atoms with Crippen LogP contribution in [0.15, 0.2) is 36.7 Å². The van der Waals surface area contributed by atoms with E-state index in [4.69, 9.17) is 11.6 Å². The summed E-state index contributed by atoms with van der Waals surface area (Å²) in [5, 5.41) is 3.94. The molecule has 0 aliphatic carbocycles. The van der Waals surface area contributed by atoms with E-state index in [2.05, 4.69) is 14.9 Å². The Morgan fingerprint density at radius 3 is 2.94 bits per heavy atom. The van der Waals surface area contributed by atoms with Gasteiger partial charge in [-0.2, -0.15) is 0 Å². The molecule has 0 fully saturated rings. The number of nitrogens with one attached hydrogen (secondary N) is 1. The zero-order valence-corrected chi connectivity index (χ0v) is 10.6. The van der Waals surface area contributed by atoms with Crippen molar-refractivity contribution in [2.45, 2.75) is 13.0 Å². The molecule has 1 N–H and O–H groups in total. The molecule has 0 aliphatic rings. The van der Waals surface area contributed by atoms with Crippen molar-refractivity contribution in [3.63, 3.8) is 0 Å². The summed E-state index contributed by atoms with van der Waals surface area (Å²) in [4.78, 5) is 4.38. The second kappa shape index (κ2) is 5.84. The summed E-state index contributed by atoms with van der Waals surface area (Å²) in [5.41, 5.74) is 1.12. The van der Waals surface area contributed by atoms with Crippen molar-refractivity contribution in [3.05, 3.63) is 53.1 Å². The minimum atomic E-state index is 0.774. The smallest absolute Gasteiger partial charge is 0.113 e. The third-order valence-electron chi connectivity index (χ3n) is 2.71. The van der Waals surface area contributed by atoms with E-state index in [9.17, 15) is 0 Å². The molecule has 0 saturated carbocycles. The first-order valence-corrected chi connectivity index (χ1v) is 6.07. The van der Waals surface area contributed by atoms with Crippen LogP contribution in [-0.4, -0.2) is 23.1 Å². The van der Waals surface area contributed by atoms with Crippen LogP contribution in [0.25, 0.3) is 0 Å². The normalized spacial score (nSPS) is 10.7. The number of hydrogen-bond donors (Lipinski definition) is 1. The zero-order chi connectivity index (χ0) is 12.1. The highest BCUT2D eigenvalue weighted by Crippen LogP contribution is 2.18. The maximum atomic E-state index is 6.15. The quantitative estimate of drug-likeness (QED) is 0.882. The Morgan fingerprint density at radius 1 is 1.35 bits per heavy atom. The molecule has 0 atom stereocenters. The molecule has 0 saturated heterocycles. The van der Waals surface area contributed by atoms with E-state index in [1.54, 1.807) is 0 Å². The van der Waals surface area contributed by atoms with E-state index in [1.165, 1.54) is 0 Å². The van der Waals surface area contributed by atoms with Crippen LogP contribution in [-0.2, 0) is 13.0 Å². The van der Waals surface area contributed by atoms with Gasteiger partial charge in [-0.15, -0.1) is 0 Å². The molecule has 17 heavy (non-hydrogen) atoms. The van der Waals surface area contributed by atoms with Crippen LogP contribution in [0, 0.1) is 0 Å². The van der Waals surface area contributed by atoms with E-state index in [1.807, 2.05) is 43.7 Å². The van der Waals surface area contributed by atoms with Gasteiger partial charge >= 0.3 is 0 Å². The molecule has 0 spiro atoms. The molecule has 3 nitrogen and oxygen atoms in total. The number of rotatable bonds is 5. The van der Waals surface area contributed by atoms with Gasteiger partial charge in [-0.1, -0.05) is 29.8 Å². The van der Waals surface area contributed by atoms with Crippen LogP contribution in [0.4, 0.5) is 0 Å². The van der Waals surface area contributed by atoms with Crippen molar-refractivity contribution in [2.24, 2.45) is 0 Å². The first-order chi connectivity index (χ1) is 8.31. The summed E-state index contributed by atoms with van der Waals surface area (Å²) in [6.07, 6.45) is 4.61. The van der Waals surface area contributed by atoms with Crippen molar-refractivity contribution < 1.29 is 0 Å². The molecule has 1 heterocycles. The first-order valence-electron chi connectivity index (χ1n) is 5.69. The van der Waals surface area contributed by atoms with Gasteiger partial charge in [0.1, 0.15) is 5.82 Å². The standard InChI is InChI=1S/C13H16ClN3/c1-15-6-8-17-9-7-16-13(17)10-11-4-2-3-5-12(11)14/h2-5,7,9,15H,6,8,10H2,1H3. The predicted octanol–water partition coefficient (Wildman–Crippen LogP) is 2.35. The van der Waals surface area contributed by atoms with Gasteiger partial charge in [-0.25, -0.2) is 4.98 Å². The Morgan fingerprint density at radius 2 is 2.18 bits per heavy atom. The van der Waals surface area contributed by atoms with Crippen LogP contribution < -0.4 is 5.32 Å². The fourth-order valence-corrected chi connectivity index (χ4v) is 1.96. The Hall–Kier alpha value is -1.32. The monoisotopic (exact) mass is 249 g/mol. The second-order valence-corrected chi connectivity index (χ2v) is 4.32. The zero-order valence-electron chi connectivity index (χ0n) is 9.86. The minimum Gasteiger partial charge on any atom is -0.333 e. The number of nitrogens with zero attached hydrogens (tertiary/aromatic N) is 2. The van der Waals surface area contributed by atoms with Crippen molar-refractivity contribution in [3.8, 4) is 0 Å². The van der Waals surface area contributed by atoms with Crippen LogP contribution in [0.5, 0.6) is 0 Å². The Balaban J connectivity index is 2.13. The molecule has 0 amide bonds. The highest BCUT2D eigenvalue weighted by atomic mass is 35.5. The maximum absolute atomic E-state index is 6.15. The summed E-state index contributed by atoms with van der Waals surface area (Å²) in [6, 6.07) is 7.90. The molecule has 0 radical (unpaired) electrons. The van der Waals surface area contributed by atoms with Crippen LogP contribution in [0.3, 0.4) is 0 Å². The van der Waals surface area contributed by atoms with Gasteiger partial charge in [-0.05, 0) is 18.7 Å². The van der Waals surface area contributed by atoms with Gasteiger partial charge in [0.05, 0.1) is 0 Å². The fourth-order valence-electron chi connectivity index (χ4n) is 1.76. The van der Waals surface area contributed by atoms with Gasteiger partial charge in [0.2, 0.25) is 0 Å². The summed E-state index contributed by atoms with van der Waals surface area (Å²) in [7, 11) is 1.95.